The number of carbonyl (C=O) groups excluding carboxylic acids is 2. The van der Waals surface area contributed by atoms with Crippen molar-refractivity contribution >= 4 is 57.1 Å². The van der Waals surface area contributed by atoms with E-state index in [0.29, 0.717) is 32.9 Å². The van der Waals surface area contributed by atoms with Crippen LogP contribution in [-0.2, 0) is 22.4 Å². The van der Waals surface area contributed by atoms with Crippen LogP contribution in [0.15, 0.2) is 18.2 Å². The number of hydrogen-bond acceptors (Lipinski definition) is 5. The van der Waals surface area contributed by atoms with E-state index in [-0.39, 0.29) is 18.4 Å². The SMILES string of the molecule is CCOC(=O)c1c(NC(=O)CNc2ccc(Cl)cc2Cl)sc2c1CCCC2. The highest BCUT2D eigenvalue weighted by atomic mass is 35.5. The number of hydrogen-bond donors (Lipinski definition) is 2. The summed E-state index contributed by atoms with van der Waals surface area (Å²) in [5.74, 6) is -0.633. The maximum atomic E-state index is 12.4. The van der Waals surface area contributed by atoms with Gasteiger partial charge in [-0.2, -0.15) is 0 Å². The third-order valence-corrected chi connectivity index (χ3v) is 6.03. The lowest BCUT2D eigenvalue weighted by atomic mass is 9.95. The summed E-state index contributed by atoms with van der Waals surface area (Å²) in [6, 6.07) is 5.02. The number of esters is 1. The van der Waals surface area contributed by atoms with Gasteiger partial charge in [-0.25, -0.2) is 4.79 Å². The van der Waals surface area contributed by atoms with E-state index in [1.807, 2.05) is 0 Å². The highest BCUT2D eigenvalue weighted by molar-refractivity contribution is 7.17. The fourth-order valence-corrected chi connectivity index (χ4v) is 4.82. The summed E-state index contributed by atoms with van der Waals surface area (Å²) in [6.07, 6.45) is 3.91. The fourth-order valence-electron chi connectivity index (χ4n) is 3.05. The highest BCUT2D eigenvalue weighted by Crippen LogP contribution is 2.38. The summed E-state index contributed by atoms with van der Waals surface area (Å²) >= 11 is 13.4. The van der Waals surface area contributed by atoms with E-state index in [9.17, 15) is 9.59 Å². The molecule has 2 aromatic rings. The van der Waals surface area contributed by atoms with Gasteiger partial charge in [0.2, 0.25) is 5.91 Å². The van der Waals surface area contributed by atoms with Gasteiger partial charge in [0, 0.05) is 9.90 Å². The molecule has 8 heteroatoms. The number of rotatable bonds is 6. The second-order valence-electron chi connectivity index (χ2n) is 6.16. The average molecular weight is 427 g/mol. The van der Waals surface area contributed by atoms with Crippen molar-refractivity contribution in [1.82, 2.24) is 0 Å². The van der Waals surface area contributed by atoms with Crippen LogP contribution < -0.4 is 10.6 Å². The van der Waals surface area contributed by atoms with Gasteiger partial charge in [0.15, 0.2) is 0 Å². The zero-order valence-electron chi connectivity index (χ0n) is 14.9. The van der Waals surface area contributed by atoms with E-state index >= 15 is 0 Å². The molecule has 5 nitrogen and oxygen atoms in total. The first-order chi connectivity index (χ1) is 13.0. The summed E-state index contributed by atoms with van der Waals surface area (Å²) in [4.78, 5) is 26.0. The Bertz CT molecular complexity index is 867. The van der Waals surface area contributed by atoms with E-state index in [0.717, 1.165) is 36.1 Å². The number of carbonyl (C=O) groups is 2. The quantitative estimate of drug-likeness (QED) is 0.625. The van der Waals surface area contributed by atoms with Crippen LogP contribution >= 0.6 is 34.5 Å². The van der Waals surface area contributed by atoms with Crippen molar-refractivity contribution in [3.05, 3.63) is 44.2 Å². The average Bonchev–Trinajstić information content (AvgIpc) is 2.99. The van der Waals surface area contributed by atoms with Gasteiger partial charge in [0.25, 0.3) is 0 Å². The minimum atomic E-state index is -0.374. The largest absolute Gasteiger partial charge is 0.462 e. The molecule has 3 rings (SSSR count). The first-order valence-electron chi connectivity index (χ1n) is 8.80. The summed E-state index contributed by atoms with van der Waals surface area (Å²) < 4.78 is 5.20. The molecule has 0 bridgehead atoms. The molecule has 0 aliphatic heterocycles. The number of aryl methyl sites for hydroxylation is 1. The zero-order chi connectivity index (χ0) is 19.4. The van der Waals surface area contributed by atoms with Crippen LogP contribution in [0.25, 0.3) is 0 Å². The summed E-state index contributed by atoms with van der Waals surface area (Å²) in [5.41, 5.74) is 2.15. The molecule has 0 saturated heterocycles. The molecular weight excluding hydrogens is 407 g/mol. The van der Waals surface area contributed by atoms with E-state index in [2.05, 4.69) is 10.6 Å². The van der Waals surface area contributed by atoms with Gasteiger partial charge in [-0.3, -0.25) is 4.79 Å². The minimum absolute atomic E-state index is 0.0200. The Labute approximate surface area is 172 Å². The predicted octanol–water partition coefficient (Wildman–Crippen LogP) is 5.16. The molecule has 0 spiro atoms. The first-order valence-corrected chi connectivity index (χ1v) is 10.4. The molecule has 27 heavy (non-hydrogen) atoms. The van der Waals surface area contributed by atoms with Crippen molar-refractivity contribution in [3.63, 3.8) is 0 Å². The summed E-state index contributed by atoms with van der Waals surface area (Å²) in [7, 11) is 0. The number of ether oxygens (including phenoxy) is 1. The van der Waals surface area contributed by atoms with Gasteiger partial charge in [-0.1, -0.05) is 23.2 Å². The van der Waals surface area contributed by atoms with Gasteiger partial charge < -0.3 is 15.4 Å². The highest BCUT2D eigenvalue weighted by Gasteiger charge is 2.27. The first kappa shape index (κ1) is 20.0. The number of thiophene rings is 1. The van der Waals surface area contributed by atoms with Gasteiger partial charge in [0.05, 0.1) is 29.4 Å². The van der Waals surface area contributed by atoms with Crippen LogP contribution in [0.2, 0.25) is 10.0 Å². The Morgan fingerprint density at radius 3 is 2.74 bits per heavy atom. The smallest absolute Gasteiger partial charge is 0.341 e. The van der Waals surface area contributed by atoms with Crippen LogP contribution in [0.3, 0.4) is 0 Å². The summed E-state index contributed by atoms with van der Waals surface area (Å²) in [5, 5.41) is 7.37. The van der Waals surface area contributed by atoms with Crippen LogP contribution in [0.4, 0.5) is 10.7 Å². The van der Waals surface area contributed by atoms with Gasteiger partial charge in [0.1, 0.15) is 5.00 Å². The maximum Gasteiger partial charge on any atom is 0.341 e. The number of benzene rings is 1. The van der Waals surface area contributed by atoms with Crippen molar-refractivity contribution in [3.8, 4) is 0 Å². The molecule has 1 aromatic carbocycles. The number of nitrogens with one attached hydrogen (secondary N) is 2. The molecule has 2 N–H and O–H groups in total. The molecule has 1 aromatic heterocycles. The van der Waals surface area contributed by atoms with Crippen LogP contribution in [0, 0.1) is 0 Å². The van der Waals surface area contributed by atoms with Crippen molar-refractivity contribution in [2.45, 2.75) is 32.6 Å². The molecule has 1 amide bonds. The Morgan fingerprint density at radius 1 is 1.22 bits per heavy atom. The Balaban J connectivity index is 1.73. The second kappa shape index (κ2) is 8.95. The molecule has 1 aliphatic rings. The lowest BCUT2D eigenvalue weighted by Crippen LogP contribution is -2.22. The molecule has 0 fully saturated rings. The van der Waals surface area contributed by atoms with Gasteiger partial charge in [-0.15, -0.1) is 11.3 Å². The van der Waals surface area contributed by atoms with Crippen LogP contribution in [0.5, 0.6) is 0 Å². The second-order valence-corrected chi connectivity index (χ2v) is 8.11. The molecular formula is C19H20Cl2N2O3S. The molecule has 0 unspecified atom stereocenters. The van der Waals surface area contributed by atoms with E-state index in [1.54, 1.807) is 25.1 Å². The van der Waals surface area contributed by atoms with Crippen LogP contribution in [-0.4, -0.2) is 25.0 Å². The van der Waals surface area contributed by atoms with Gasteiger partial charge >= 0.3 is 5.97 Å². The normalized spacial score (nSPS) is 13.0. The molecule has 144 valence electrons. The molecule has 0 radical (unpaired) electrons. The Morgan fingerprint density at radius 2 is 2.00 bits per heavy atom. The van der Waals surface area contributed by atoms with Crippen molar-refractivity contribution in [2.24, 2.45) is 0 Å². The minimum Gasteiger partial charge on any atom is -0.462 e. The third-order valence-electron chi connectivity index (χ3n) is 4.27. The van der Waals surface area contributed by atoms with Gasteiger partial charge in [-0.05, 0) is 56.4 Å². The molecule has 0 atom stereocenters. The fraction of sp³-hybridized carbons (Fsp3) is 0.368. The Kier molecular flexibility index (Phi) is 6.63. The zero-order valence-corrected chi connectivity index (χ0v) is 17.2. The lowest BCUT2D eigenvalue weighted by Gasteiger charge is -2.12. The number of fused-ring (bicyclic) bond motifs is 1. The molecule has 1 heterocycles. The number of anilines is 2. The molecule has 0 saturated carbocycles. The predicted molar refractivity (Wildman–Crippen MR) is 110 cm³/mol. The molecule has 1 aliphatic carbocycles. The van der Waals surface area contributed by atoms with Crippen molar-refractivity contribution < 1.29 is 14.3 Å². The number of amides is 1. The lowest BCUT2D eigenvalue weighted by molar-refractivity contribution is -0.114. The van der Waals surface area contributed by atoms with E-state index < -0.39 is 0 Å². The van der Waals surface area contributed by atoms with E-state index in [4.69, 9.17) is 27.9 Å². The monoisotopic (exact) mass is 426 g/mol. The van der Waals surface area contributed by atoms with Crippen LogP contribution in [0.1, 0.15) is 40.6 Å². The van der Waals surface area contributed by atoms with E-state index in [1.165, 1.54) is 11.3 Å². The van der Waals surface area contributed by atoms with Crippen molar-refractivity contribution in [2.75, 3.05) is 23.8 Å². The standard InChI is InChI=1S/C19H20Cl2N2O3S/c1-2-26-19(25)17-12-5-3-4-6-15(12)27-18(17)23-16(24)10-22-14-8-7-11(20)9-13(14)21/h7-9,22H,2-6,10H2,1H3,(H,23,24). The topological polar surface area (TPSA) is 67.4 Å². The maximum absolute atomic E-state index is 12.4. The summed E-state index contributed by atoms with van der Waals surface area (Å²) in [6.45, 7) is 2.09. The Hall–Kier alpha value is -1.76. The third kappa shape index (κ3) is 4.75. The van der Waals surface area contributed by atoms with Crippen molar-refractivity contribution in [1.29, 1.82) is 0 Å². The number of halogens is 2.